The Morgan fingerprint density at radius 2 is 1.83 bits per heavy atom. The fourth-order valence-electron chi connectivity index (χ4n) is 2.78. The zero-order valence-electron chi connectivity index (χ0n) is 17.2. The summed E-state index contributed by atoms with van der Waals surface area (Å²) in [4.78, 5) is 25.4. The molecule has 0 radical (unpaired) electrons. The van der Waals surface area contributed by atoms with Gasteiger partial charge in [-0.25, -0.2) is 0 Å². The molecule has 0 aliphatic heterocycles. The van der Waals surface area contributed by atoms with Crippen molar-refractivity contribution in [1.29, 1.82) is 0 Å². The van der Waals surface area contributed by atoms with E-state index in [2.05, 4.69) is 6.92 Å². The minimum absolute atomic E-state index is 0.0551. The summed E-state index contributed by atoms with van der Waals surface area (Å²) in [5, 5.41) is 0. The number of benzene rings is 2. The van der Waals surface area contributed by atoms with Crippen LogP contribution in [0.25, 0.3) is 6.08 Å². The summed E-state index contributed by atoms with van der Waals surface area (Å²) < 4.78 is 10.6. The molecule has 0 aromatic heterocycles. The van der Waals surface area contributed by atoms with Crippen LogP contribution in [0.2, 0.25) is 0 Å². The Labute approximate surface area is 171 Å². The first kappa shape index (κ1) is 22.0. The van der Waals surface area contributed by atoms with Gasteiger partial charge in [0.15, 0.2) is 18.1 Å². The van der Waals surface area contributed by atoms with Gasteiger partial charge in [-0.15, -0.1) is 0 Å². The van der Waals surface area contributed by atoms with Gasteiger partial charge in [0, 0.05) is 19.2 Å². The average Bonchev–Trinajstić information content (AvgIpc) is 2.71. The van der Waals surface area contributed by atoms with Crippen molar-refractivity contribution in [3.05, 3.63) is 65.2 Å². The molecule has 29 heavy (non-hydrogen) atoms. The van der Waals surface area contributed by atoms with Gasteiger partial charge in [0.25, 0.3) is 5.91 Å². The predicted octanol–water partition coefficient (Wildman–Crippen LogP) is 3.32. The number of carbonyl (C=O) groups is 2. The Hall–Kier alpha value is -3.28. The van der Waals surface area contributed by atoms with E-state index in [1.807, 2.05) is 36.1 Å². The van der Waals surface area contributed by atoms with Crippen LogP contribution in [-0.2, 0) is 16.1 Å². The Morgan fingerprint density at radius 1 is 1.10 bits per heavy atom. The number of rotatable bonds is 10. The van der Waals surface area contributed by atoms with Crippen molar-refractivity contribution in [2.45, 2.75) is 26.8 Å². The van der Waals surface area contributed by atoms with Crippen LogP contribution in [0.4, 0.5) is 0 Å². The fraction of sp³-hybridized carbons (Fsp3) is 0.304. The first-order valence-corrected chi connectivity index (χ1v) is 9.54. The van der Waals surface area contributed by atoms with E-state index in [0.717, 1.165) is 17.5 Å². The van der Waals surface area contributed by atoms with Gasteiger partial charge in [0.05, 0.1) is 7.11 Å². The van der Waals surface area contributed by atoms with E-state index in [1.165, 1.54) is 12.7 Å². The molecule has 2 aromatic rings. The average molecular weight is 396 g/mol. The number of nitrogens with zero attached hydrogens (tertiary/aromatic N) is 1. The van der Waals surface area contributed by atoms with Crippen LogP contribution in [0, 0.1) is 6.92 Å². The number of amides is 2. The largest absolute Gasteiger partial charge is 0.493 e. The van der Waals surface area contributed by atoms with Crippen LogP contribution in [0.1, 0.15) is 30.0 Å². The SMILES string of the molecule is CCCN(Cc1ccc(C)cc1)C(=O)/C=C/c1ccc(OCC(N)=O)c(OC)c1. The Bertz CT molecular complexity index is 860. The van der Waals surface area contributed by atoms with Crippen molar-refractivity contribution in [2.75, 3.05) is 20.3 Å². The third kappa shape index (κ3) is 6.99. The topological polar surface area (TPSA) is 81.9 Å². The summed E-state index contributed by atoms with van der Waals surface area (Å²) in [6.45, 7) is 5.12. The number of methoxy groups -OCH3 is 1. The van der Waals surface area contributed by atoms with Gasteiger partial charge in [-0.2, -0.15) is 0 Å². The molecule has 0 aliphatic carbocycles. The molecule has 0 spiro atoms. The molecular weight excluding hydrogens is 368 g/mol. The number of nitrogens with two attached hydrogens (primary N) is 1. The van der Waals surface area contributed by atoms with E-state index in [-0.39, 0.29) is 12.5 Å². The van der Waals surface area contributed by atoms with Gasteiger partial charge in [-0.3, -0.25) is 9.59 Å². The molecule has 0 unspecified atom stereocenters. The Kier molecular flexibility index (Phi) is 8.27. The molecule has 0 bridgehead atoms. The number of carbonyl (C=O) groups excluding carboxylic acids is 2. The van der Waals surface area contributed by atoms with E-state index >= 15 is 0 Å². The third-order valence-corrected chi connectivity index (χ3v) is 4.28. The summed E-state index contributed by atoms with van der Waals surface area (Å²) in [7, 11) is 1.51. The highest BCUT2D eigenvalue weighted by Crippen LogP contribution is 2.28. The second-order valence-corrected chi connectivity index (χ2v) is 6.74. The van der Waals surface area contributed by atoms with Crippen LogP contribution in [-0.4, -0.2) is 37.0 Å². The number of aryl methyl sites for hydroxylation is 1. The summed E-state index contributed by atoms with van der Waals surface area (Å²) in [5.74, 6) is 0.263. The van der Waals surface area contributed by atoms with Crippen LogP contribution in [0.15, 0.2) is 48.5 Å². The minimum Gasteiger partial charge on any atom is -0.493 e. The fourth-order valence-corrected chi connectivity index (χ4v) is 2.78. The van der Waals surface area contributed by atoms with Crippen LogP contribution < -0.4 is 15.2 Å². The Balaban J connectivity index is 2.09. The second kappa shape index (κ2) is 10.9. The van der Waals surface area contributed by atoms with Gasteiger partial charge < -0.3 is 20.1 Å². The molecule has 6 nitrogen and oxygen atoms in total. The van der Waals surface area contributed by atoms with Gasteiger partial charge in [-0.05, 0) is 42.7 Å². The lowest BCUT2D eigenvalue weighted by molar-refractivity contribution is -0.126. The van der Waals surface area contributed by atoms with Crippen LogP contribution in [0.5, 0.6) is 11.5 Å². The lowest BCUT2D eigenvalue weighted by atomic mass is 10.1. The van der Waals surface area contributed by atoms with E-state index in [1.54, 1.807) is 30.4 Å². The first-order chi connectivity index (χ1) is 13.9. The molecule has 2 N–H and O–H groups in total. The summed E-state index contributed by atoms with van der Waals surface area (Å²) in [6.07, 6.45) is 4.17. The molecule has 2 aromatic carbocycles. The van der Waals surface area contributed by atoms with Gasteiger partial charge in [-0.1, -0.05) is 42.8 Å². The predicted molar refractivity (Wildman–Crippen MR) is 114 cm³/mol. The molecule has 0 atom stereocenters. The molecule has 0 heterocycles. The number of hydrogen-bond acceptors (Lipinski definition) is 4. The molecule has 154 valence electrons. The van der Waals surface area contributed by atoms with E-state index < -0.39 is 5.91 Å². The highest BCUT2D eigenvalue weighted by Gasteiger charge is 2.11. The standard InChI is InChI=1S/C23H28N2O4/c1-4-13-25(15-19-7-5-17(2)6-8-19)23(27)12-10-18-9-11-20(21(14-18)28-3)29-16-22(24)26/h5-12,14H,4,13,15-16H2,1-3H3,(H2,24,26)/b12-10+. The quantitative estimate of drug-likeness (QED) is 0.625. The zero-order chi connectivity index (χ0) is 21.2. The highest BCUT2D eigenvalue weighted by molar-refractivity contribution is 5.91. The molecule has 0 aliphatic rings. The normalized spacial score (nSPS) is 10.7. The summed E-state index contributed by atoms with van der Waals surface area (Å²) in [5.41, 5.74) is 8.18. The number of ether oxygens (including phenoxy) is 2. The monoisotopic (exact) mass is 396 g/mol. The molecule has 0 fully saturated rings. The molecule has 6 heteroatoms. The second-order valence-electron chi connectivity index (χ2n) is 6.74. The van der Waals surface area contributed by atoms with Crippen molar-refractivity contribution in [1.82, 2.24) is 4.90 Å². The van der Waals surface area contributed by atoms with Gasteiger partial charge >= 0.3 is 0 Å². The minimum atomic E-state index is -0.564. The van der Waals surface area contributed by atoms with Crippen LogP contribution in [0.3, 0.4) is 0 Å². The summed E-state index contributed by atoms with van der Waals surface area (Å²) in [6, 6.07) is 13.4. The molecular formula is C23H28N2O4. The highest BCUT2D eigenvalue weighted by atomic mass is 16.5. The molecule has 0 saturated heterocycles. The van der Waals surface area contributed by atoms with Crippen molar-refractivity contribution in [3.63, 3.8) is 0 Å². The smallest absolute Gasteiger partial charge is 0.255 e. The van der Waals surface area contributed by atoms with Crippen LogP contribution >= 0.6 is 0 Å². The lowest BCUT2D eigenvalue weighted by Crippen LogP contribution is -2.29. The molecule has 2 amide bonds. The molecule has 2 rings (SSSR count). The maximum atomic E-state index is 12.7. The van der Waals surface area contributed by atoms with E-state index in [9.17, 15) is 9.59 Å². The van der Waals surface area contributed by atoms with Crippen molar-refractivity contribution < 1.29 is 19.1 Å². The van der Waals surface area contributed by atoms with Gasteiger partial charge in [0.1, 0.15) is 0 Å². The van der Waals surface area contributed by atoms with Crippen molar-refractivity contribution in [3.8, 4) is 11.5 Å². The third-order valence-electron chi connectivity index (χ3n) is 4.28. The maximum Gasteiger partial charge on any atom is 0.255 e. The first-order valence-electron chi connectivity index (χ1n) is 9.54. The Morgan fingerprint density at radius 3 is 2.45 bits per heavy atom. The van der Waals surface area contributed by atoms with E-state index in [0.29, 0.717) is 24.6 Å². The molecule has 0 saturated carbocycles. The summed E-state index contributed by atoms with van der Waals surface area (Å²) >= 11 is 0. The maximum absolute atomic E-state index is 12.7. The number of hydrogen-bond donors (Lipinski definition) is 1. The van der Waals surface area contributed by atoms with E-state index in [4.69, 9.17) is 15.2 Å². The van der Waals surface area contributed by atoms with Crippen molar-refractivity contribution in [2.24, 2.45) is 5.73 Å². The van der Waals surface area contributed by atoms with Gasteiger partial charge in [0.2, 0.25) is 5.91 Å². The van der Waals surface area contributed by atoms with Crippen molar-refractivity contribution >= 4 is 17.9 Å². The lowest BCUT2D eigenvalue weighted by Gasteiger charge is -2.20. The zero-order valence-corrected chi connectivity index (χ0v) is 17.2. The number of primary amides is 1.